The lowest BCUT2D eigenvalue weighted by molar-refractivity contribution is 1.06. The fraction of sp³-hybridized carbons (Fsp3) is 0. The van der Waals surface area contributed by atoms with E-state index in [1.165, 1.54) is 0 Å². The molecule has 3 aromatic heterocycles. The predicted molar refractivity (Wildman–Crippen MR) is 408 cm³/mol. The van der Waals surface area contributed by atoms with Crippen LogP contribution in [0.25, 0.3) is 180 Å². The van der Waals surface area contributed by atoms with E-state index in [1.807, 2.05) is 127 Å². The predicted octanol–water partition coefficient (Wildman–Crippen LogP) is 23.3. The second kappa shape index (κ2) is 26.0. The van der Waals surface area contributed by atoms with Gasteiger partial charge in [-0.25, -0.2) is 39.2 Å². The molecule has 0 radical (unpaired) electrons. The van der Waals surface area contributed by atoms with E-state index in [4.69, 9.17) is 47.8 Å². The molecule has 0 saturated heterocycles. The lowest BCUT2D eigenvalue weighted by Gasteiger charge is -2.19. The molecule has 13 aromatic carbocycles. The summed E-state index contributed by atoms with van der Waals surface area (Å²) >= 11 is 0. The first-order valence-electron chi connectivity index (χ1n) is 32.6. The van der Waals surface area contributed by atoms with Gasteiger partial charge in [-0.1, -0.05) is 158 Å². The van der Waals surface area contributed by atoms with Crippen molar-refractivity contribution in [3.8, 4) is 137 Å². The van der Waals surface area contributed by atoms with E-state index in [2.05, 4.69) is 118 Å². The van der Waals surface area contributed by atoms with Gasteiger partial charge in [0.1, 0.15) is 0 Å². The fourth-order valence-corrected chi connectivity index (χ4v) is 13.9. The molecule has 0 fully saturated rings. The number of fused-ring (bicyclic) bond motifs is 6. The average molecular weight is 1320 g/mol. The van der Waals surface area contributed by atoms with E-state index in [-0.39, 0.29) is 0 Å². The van der Waals surface area contributed by atoms with Crippen molar-refractivity contribution in [2.45, 2.75) is 0 Å². The third-order valence-corrected chi connectivity index (χ3v) is 18.8. The molecule has 16 rings (SSSR count). The van der Waals surface area contributed by atoms with Gasteiger partial charge in [0.2, 0.25) is 0 Å². The van der Waals surface area contributed by atoms with Crippen molar-refractivity contribution in [3.63, 3.8) is 0 Å². The lowest BCUT2D eigenvalue weighted by Crippen LogP contribution is -2.04. The van der Waals surface area contributed by atoms with Crippen LogP contribution >= 0.6 is 0 Å². The zero-order valence-electron chi connectivity index (χ0n) is 54.7. The minimum absolute atomic E-state index is 0.317. The highest BCUT2D eigenvalue weighted by molar-refractivity contribution is 6.14. The molecule has 0 aliphatic heterocycles. The van der Waals surface area contributed by atoms with Crippen LogP contribution in [0.5, 0.6) is 0 Å². The van der Waals surface area contributed by atoms with Crippen LogP contribution in [-0.2, 0) is 0 Å². The fourth-order valence-electron chi connectivity index (χ4n) is 13.9. The zero-order chi connectivity index (χ0) is 71.1. The van der Waals surface area contributed by atoms with Crippen LogP contribution < -0.4 is 0 Å². The van der Waals surface area contributed by atoms with E-state index in [9.17, 15) is 21.0 Å². The maximum Gasteiger partial charge on any atom is 0.196 e. The Morgan fingerprint density at radius 1 is 0.260 bits per heavy atom. The molecule has 0 saturated carbocycles. The van der Waals surface area contributed by atoms with Gasteiger partial charge in [-0.05, 0) is 170 Å². The van der Waals surface area contributed by atoms with E-state index in [0.717, 1.165) is 105 Å². The third-order valence-electron chi connectivity index (χ3n) is 18.8. The number of hydrogen-bond donors (Lipinski definition) is 0. The van der Waals surface area contributed by atoms with Gasteiger partial charge in [0.25, 0.3) is 0 Å². The highest BCUT2D eigenvalue weighted by Crippen LogP contribution is 2.47. The number of benzene rings is 13. The minimum Gasteiger partial charge on any atom is -0.309 e. The maximum atomic E-state index is 10.6. The molecule has 3 heterocycles. The second-order valence-corrected chi connectivity index (χ2v) is 24.6. The number of hydrogen-bond acceptors (Lipinski definition) is 7. The Balaban J connectivity index is 1.01. The summed E-state index contributed by atoms with van der Waals surface area (Å²) in [6.07, 6.45) is 0. The van der Waals surface area contributed by atoms with E-state index in [0.29, 0.717) is 102 Å². The average Bonchev–Trinajstić information content (AvgIpc) is 1.57. The van der Waals surface area contributed by atoms with Crippen LogP contribution in [0.4, 0.5) is 28.4 Å². The van der Waals surface area contributed by atoms with Crippen LogP contribution in [0, 0.1) is 78.2 Å². The molecular weight excluding hydrogens is 1280 g/mol. The number of rotatable bonds is 11. The van der Waals surface area contributed by atoms with Gasteiger partial charge in [0, 0.05) is 60.5 Å². The molecule has 474 valence electrons. The highest BCUT2D eigenvalue weighted by Gasteiger charge is 2.26. The van der Waals surface area contributed by atoms with Crippen molar-refractivity contribution in [1.29, 1.82) is 21.0 Å². The summed E-state index contributed by atoms with van der Waals surface area (Å²) in [7, 11) is 0. The minimum atomic E-state index is 0.317. The molecule has 0 unspecified atom stereocenters. The van der Waals surface area contributed by atoms with Crippen molar-refractivity contribution in [1.82, 2.24) is 24.1 Å². The Hall–Kier alpha value is -16.1. The summed E-state index contributed by atoms with van der Waals surface area (Å²) in [5, 5.41) is 44.3. The molecule has 0 atom stereocenters. The van der Waals surface area contributed by atoms with Crippen molar-refractivity contribution >= 4 is 72.0 Å². The van der Waals surface area contributed by atoms with Gasteiger partial charge in [-0.15, -0.1) is 0 Å². The normalized spacial score (nSPS) is 10.8. The molecule has 0 aliphatic rings. The van der Waals surface area contributed by atoms with Crippen molar-refractivity contribution in [2.75, 3.05) is 0 Å². The van der Waals surface area contributed by atoms with Crippen molar-refractivity contribution < 1.29 is 0 Å². The summed E-state index contributed by atoms with van der Waals surface area (Å²) in [5.74, 6) is 1.21. The lowest BCUT2D eigenvalue weighted by atomic mass is 9.94. The van der Waals surface area contributed by atoms with Gasteiger partial charge in [-0.2, -0.15) is 21.0 Å². The third kappa shape index (κ3) is 10.9. The molecule has 0 N–H and O–H groups in total. The maximum absolute atomic E-state index is 10.6. The Morgan fingerprint density at radius 2 is 0.625 bits per heavy atom. The first-order valence-corrected chi connectivity index (χ1v) is 32.6. The number of nitrogens with zero attached hydrogens (tertiary/aromatic N) is 14. The van der Waals surface area contributed by atoms with Gasteiger partial charge in [-0.3, -0.25) is 0 Å². The van der Waals surface area contributed by atoms with E-state index < -0.39 is 0 Å². The number of nitriles is 4. The summed E-state index contributed by atoms with van der Waals surface area (Å²) in [4.78, 5) is 34.7. The largest absolute Gasteiger partial charge is 0.309 e. The standard InChI is InChI=1S/C90H44N14/c1-95-67-27-31-70(65(41-67)52-93)60-22-35-83-75(44-60)77-47-63(73-33-29-69(97-3)49-81(73)99-5)25-37-84(77)103(83)82-34-21-59(56-19-16-54(50-91)17-20-56)43-74(82)64-26-39-87(79(48-64)90-101-88(57-12-8-6-9-13-57)100-89(102-90)58-14-10-7-11-15-58)104-85-36-23-61(71-32-28-68(96-2)42-66(71)53-94)45-76(85)78-46-62(24-38-86(78)104)72-30-18-55(51-92)40-80(72)98-4/h6-49H. The van der Waals surface area contributed by atoms with Crippen LogP contribution in [0.15, 0.2) is 267 Å². The summed E-state index contributed by atoms with van der Waals surface area (Å²) < 4.78 is 4.41. The Labute approximate surface area is 596 Å². The molecule has 104 heavy (non-hydrogen) atoms. The summed E-state index contributed by atoms with van der Waals surface area (Å²) in [6, 6.07) is 93.5. The number of aromatic nitrogens is 5. The zero-order valence-corrected chi connectivity index (χ0v) is 54.7. The van der Waals surface area contributed by atoms with Crippen molar-refractivity contribution in [3.05, 3.63) is 346 Å². The molecule has 0 amide bonds. The van der Waals surface area contributed by atoms with Crippen molar-refractivity contribution in [2.24, 2.45) is 0 Å². The Morgan fingerprint density at radius 3 is 1.08 bits per heavy atom. The van der Waals surface area contributed by atoms with Gasteiger partial charge in [0.15, 0.2) is 45.9 Å². The quantitative estimate of drug-likeness (QED) is 0.116. The smallest absolute Gasteiger partial charge is 0.196 e. The first kappa shape index (κ1) is 62.7. The second-order valence-electron chi connectivity index (χ2n) is 24.6. The molecule has 14 nitrogen and oxygen atoms in total. The Bertz CT molecular complexity index is 6450. The molecule has 0 aliphatic carbocycles. The SMILES string of the molecule is [C-]#[N+]c1ccc(-c2ccc3c(c2)c2cc(-c4ccc([N+]#[C-])cc4[N+]#[C-])ccc2n3-c2ccc(-c3ccc(C#N)cc3)cc2-c2ccc(-n3c4ccc(-c5ccc([N+]#[C-])cc5C#N)cc4c4cc(-c5ccc(C#N)cc5[N+]#[C-])ccc43)c(-c3nc(-c4ccccc4)nc(-c4ccccc4)n3)c2)c(C#N)c1. The molecule has 16 aromatic rings. The van der Waals surface area contributed by atoms with E-state index in [1.54, 1.807) is 78.9 Å². The topological polar surface area (TPSA) is 165 Å². The molecular formula is C90H44N14. The van der Waals surface area contributed by atoms with Gasteiger partial charge >= 0.3 is 0 Å². The van der Waals surface area contributed by atoms with Crippen LogP contribution in [-0.4, -0.2) is 24.1 Å². The van der Waals surface area contributed by atoms with Crippen LogP contribution in [0.1, 0.15) is 22.3 Å². The molecule has 14 heteroatoms. The Kier molecular flexibility index (Phi) is 15.7. The van der Waals surface area contributed by atoms with Crippen LogP contribution in [0.2, 0.25) is 0 Å². The van der Waals surface area contributed by atoms with E-state index >= 15 is 0 Å². The summed E-state index contributed by atoms with van der Waals surface area (Å²) in [5.41, 5.74) is 18.8. The molecule has 0 spiro atoms. The summed E-state index contributed by atoms with van der Waals surface area (Å²) in [6.45, 7) is 39.8. The van der Waals surface area contributed by atoms with Crippen LogP contribution in [0.3, 0.4) is 0 Å². The van der Waals surface area contributed by atoms with Gasteiger partial charge in [0.05, 0.1) is 96.1 Å². The first-order chi connectivity index (χ1) is 51.1. The monoisotopic (exact) mass is 1320 g/mol. The highest BCUT2D eigenvalue weighted by atomic mass is 15.1. The molecule has 0 bridgehead atoms. The van der Waals surface area contributed by atoms with Gasteiger partial charge < -0.3 is 9.13 Å².